The van der Waals surface area contributed by atoms with Gasteiger partial charge in [-0.3, -0.25) is 0 Å². The van der Waals surface area contributed by atoms with Gasteiger partial charge in [0.15, 0.2) is 8.09 Å². The molecule has 6 heavy (non-hydrogen) atoms. The Morgan fingerprint density at radius 3 is 2.83 bits per heavy atom. The Balaban J connectivity index is 2.02. The average molecular weight is 106 g/mol. The number of hydrogen-bond donors (Lipinski definition) is 1. The summed E-state index contributed by atoms with van der Waals surface area (Å²) in [7, 11) is -0.761. The van der Waals surface area contributed by atoms with Gasteiger partial charge in [-0.15, -0.1) is 0 Å². The number of hydrogen-bond acceptors (Lipinski definition) is 3. The summed E-state index contributed by atoms with van der Waals surface area (Å²) in [5.41, 5.74) is 0. The Labute approximate surface area is 37.3 Å². The first-order chi connectivity index (χ1) is 2.93. The highest BCUT2D eigenvalue weighted by molar-refractivity contribution is 7.44. The fourth-order valence-electron chi connectivity index (χ4n) is 0.224. The predicted octanol–water partition coefficient (Wildman–Crippen LogP) is 0.769. The molecule has 36 valence electrons. The topological polar surface area (TPSA) is 43.5 Å². The van der Waals surface area contributed by atoms with Crippen molar-refractivity contribution in [3.8, 4) is 0 Å². The van der Waals surface area contributed by atoms with Gasteiger partial charge in [0, 0.05) is 0 Å². The maximum Gasteiger partial charge on any atom is 0.175 e. The van der Waals surface area contributed by atoms with Crippen LogP contribution < -0.4 is 5.20 Å². The van der Waals surface area contributed by atoms with Crippen LogP contribution in [0.5, 0.6) is 0 Å². The maximum absolute atomic E-state index is 4.98. The molecule has 1 N–H and O–H groups in total. The monoisotopic (exact) mass is 106 g/mol. The number of nitrogens with zero attached hydrogens (tertiary/aromatic N) is 1. The summed E-state index contributed by atoms with van der Waals surface area (Å²) >= 11 is 0. The van der Waals surface area contributed by atoms with Crippen molar-refractivity contribution in [3.05, 3.63) is 0 Å². The molecule has 0 saturated carbocycles. The van der Waals surface area contributed by atoms with Crippen LogP contribution in [0.3, 0.4) is 0 Å². The molecule has 1 aliphatic heterocycles. The van der Waals surface area contributed by atoms with E-state index in [9.17, 15) is 0 Å². The van der Waals surface area contributed by atoms with Gasteiger partial charge >= 0.3 is 0 Å². The molecule has 0 fully saturated rings. The lowest BCUT2D eigenvalue weighted by Crippen LogP contribution is -1.73. The highest BCUT2D eigenvalue weighted by Crippen LogP contribution is 2.32. The van der Waals surface area contributed by atoms with E-state index in [1.54, 1.807) is 0 Å². The van der Waals surface area contributed by atoms with Gasteiger partial charge in [0.05, 0.1) is 6.61 Å². The van der Waals surface area contributed by atoms with Crippen LogP contribution in [0.2, 0.25) is 0 Å². The van der Waals surface area contributed by atoms with E-state index in [-0.39, 0.29) is 0 Å². The van der Waals surface area contributed by atoms with E-state index in [1.807, 2.05) is 6.92 Å². The summed E-state index contributed by atoms with van der Waals surface area (Å²) in [6, 6.07) is 0. The van der Waals surface area contributed by atoms with Crippen molar-refractivity contribution < 1.29 is 4.52 Å². The minimum atomic E-state index is -0.761. The van der Waals surface area contributed by atoms with Crippen LogP contribution in [0.15, 0.2) is 4.85 Å². The molecular formula is C2H7N2OP. The molecule has 1 unspecified atom stereocenters. The summed E-state index contributed by atoms with van der Waals surface area (Å²) < 4.78 is 4.98. The third-order valence-electron chi connectivity index (χ3n) is 0.484. The first-order valence-electron chi connectivity index (χ1n) is 1.90. The minimum absolute atomic E-state index is 0.761. The molecule has 1 aliphatic rings. The predicted molar refractivity (Wildman–Crippen MR) is 25.5 cm³/mol. The Morgan fingerprint density at radius 1 is 2.00 bits per heavy atom. The molecule has 0 radical (unpaired) electrons. The molecule has 0 spiro atoms. The van der Waals surface area contributed by atoms with Gasteiger partial charge < -0.3 is 4.52 Å². The van der Waals surface area contributed by atoms with Gasteiger partial charge in [0.25, 0.3) is 0 Å². The van der Waals surface area contributed by atoms with E-state index in [2.05, 4.69) is 10.1 Å². The van der Waals surface area contributed by atoms with Gasteiger partial charge in [-0.05, 0) is 6.92 Å². The zero-order chi connectivity index (χ0) is 4.41. The van der Waals surface area contributed by atoms with Crippen LogP contribution in [0, 0.1) is 0 Å². The van der Waals surface area contributed by atoms with E-state index in [0.29, 0.717) is 0 Å². The lowest BCUT2D eigenvalue weighted by molar-refractivity contribution is 0.389. The van der Waals surface area contributed by atoms with Gasteiger partial charge in [0.2, 0.25) is 0 Å². The summed E-state index contributed by atoms with van der Waals surface area (Å²) in [6.45, 7) is 2.75. The van der Waals surface area contributed by atoms with Crippen molar-refractivity contribution in [1.29, 1.82) is 0 Å². The van der Waals surface area contributed by atoms with Gasteiger partial charge in [-0.1, -0.05) is 0 Å². The van der Waals surface area contributed by atoms with Crippen molar-refractivity contribution >= 4 is 8.09 Å². The third kappa shape index (κ3) is 1.09. The molecule has 1 heterocycles. The van der Waals surface area contributed by atoms with Crippen LogP contribution in [-0.2, 0) is 4.52 Å². The quantitative estimate of drug-likeness (QED) is 0.528. The van der Waals surface area contributed by atoms with Crippen molar-refractivity contribution in [2.45, 2.75) is 6.92 Å². The van der Waals surface area contributed by atoms with Gasteiger partial charge in [-0.25, -0.2) is 0 Å². The highest BCUT2D eigenvalue weighted by atomic mass is 31.1. The smallest absolute Gasteiger partial charge is 0.175 e. The minimum Gasteiger partial charge on any atom is -0.333 e. The molecule has 1 rings (SSSR count). The average Bonchev–Trinajstić information content (AvgIpc) is 2.21. The Kier molecular flexibility index (Phi) is 1.25. The lowest BCUT2D eigenvalue weighted by atomic mass is 10.9. The molecule has 3 nitrogen and oxygen atoms in total. The standard InChI is InChI=1S/C2H7N2OP/c1-2-5-6-3-4-6/h6H,2H2,1H3,(H,3,4). The first kappa shape index (κ1) is 4.31. The van der Waals surface area contributed by atoms with Crippen molar-refractivity contribution in [3.63, 3.8) is 0 Å². The van der Waals surface area contributed by atoms with Crippen molar-refractivity contribution in [2.75, 3.05) is 6.61 Å². The summed E-state index contributed by atoms with van der Waals surface area (Å²) in [4.78, 5) is 3.72. The van der Waals surface area contributed by atoms with Crippen LogP contribution in [0.25, 0.3) is 0 Å². The molecule has 0 aromatic rings. The highest BCUT2D eigenvalue weighted by Gasteiger charge is 2.02. The summed E-state index contributed by atoms with van der Waals surface area (Å²) in [6.07, 6.45) is 0. The molecule has 0 aromatic carbocycles. The molecular weight excluding hydrogens is 99.0 g/mol. The van der Waals surface area contributed by atoms with Crippen LogP contribution in [-0.4, -0.2) is 6.61 Å². The first-order valence-corrected chi connectivity index (χ1v) is 3.25. The normalized spacial score (nSPS) is 29.2. The maximum atomic E-state index is 4.98. The molecule has 0 aliphatic carbocycles. The second-order valence-corrected chi connectivity index (χ2v) is 2.31. The Bertz CT molecular complexity index is 81.6. The van der Waals surface area contributed by atoms with Crippen molar-refractivity contribution in [1.82, 2.24) is 5.20 Å². The molecule has 0 saturated heterocycles. The summed E-state index contributed by atoms with van der Waals surface area (Å²) in [5, 5.41) is 2.74. The fraction of sp³-hybridized carbons (Fsp3) is 1.00. The van der Waals surface area contributed by atoms with Crippen LogP contribution in [0.1, 0.15) is 6.92 Å². The molecule has 0 bridgehead atoms. The second kappa shape index (κ2) is 1.73. The van der Waals surface area contributed by atoms with Gasteiger partial charge in [-0.2, -0.15) is 10.1 Å². The number of rotatable bonds is 2. The molecule has 0 amide bonds. The lowest BCUT2D eigenvalue weighted by Gasteiger charge is -1.82. The SMILES string of the molecule is CCO[PH]1=NN1. The van der Waals surface area contributed by atoms with E-state index >= 15 is 0 Å². The molecule has 4 heteroatoms. The zero-order valence-corrected chi connectivity index (χ0v) is 4.56. The van der Waals surface area contributed by atoms with E-state index in [0.717, 1.165) is 6.61 Å². The Morgan fingerprint density at radius 2 is 2.67 bits per heavy atom. The summed E-state index contributed by atoms with van der Waals surface area (Å²) in [5.74, 6) is 0. The third-order valence-corrected chi connectivity index (χ3v) is 1.45. The van der Waals surface area contributed by atoms with E-state index in [1.165, 1.54) is 0 Å². The Hall–Kier alpha value is 0.150. The van der Waals surface area contributed by atoms with Crippen molar-refractivity contribution in [2.24, 2.45) is 4.85 Å². The number of nitrogens with one attached hydrogen (secondary N) is 1. The van der Waals surface area contributed by atoms with Crippen LogP contribution >= 0.6 is 8.09 Å². The van der Waals surface area contributed by atoms with E-state index < -0.39 is 8.09 Å². The van der Waals surface area contributed by atoms with E-state index in [4.69, 9.17) is 4.52 Å². The fourth-order valence-corrected chi connectivity index (χ4v) is 0.809. The molecule has 1 atom stereocenters. The molecule has 0 aromatic heterocycles. The second-order valence-electron chi connectivity index (χ2n) is 0.962. The zero-order valence-electron chi connectivity index (χ0n) is 3.56. The largest absolute Gasteiger partial charge is 0.333 e. The van der Waals surface area contributed by atoms with Gasteiger partial charge in [0.1, 0.15) is 0 Å². The van der Waals surface area contributed by atoms with Crippen LogP contribution in [0.4, 0.5) is 0 Å².